The van der Waals surface area contributed by atoms with Crippen molar-refractivity contribution in [2.45, 2.75) is 13.5 Å². The first-order chi connectivity index (χ1) is 15.3. The van der Waals surface area contributed by atoms with E-state index >= 15 is 0 Å². The zero-order valence-electron chi connectivity index (χ0n) is 16.8. The zero-order valence-corrected chi connectivity index (χ0v) is 17.5. The third kappa shape index (κ3) is 5.12. The molecule has 0 bridgehead atoms. The van der Waals surface area contributed by atoms with Crippen molar-refractivity contribution in [3.63, 3.8) is 0 Å². The summed E-state index contributed by atoms with van der Waals surface area (Å²) in [7, 11) is 1.41. The summed E-state index contributed by atoms with van der Waals surface area (Å²) in [5.74, 6) is -1.40. The van der Waals surface area contributed by atoms with E-state index in [1.54, 1.807) is 0 Å². The normalized spacial score (nSPS) is 12.8. The predicted octanol–water partition coefficient (Wildman–Crippen LogP) is 1.94. The standard InChI is InChI=1S/C18H18ClF2N7O4/c1-3-28-18(25-26-27-28)24-15(29)10-4-5-12(32-17(20)21)14(13(10)19)23-16(30)11-8-9(31-2)6-7-22-11/h4-8,17,26-27H,3H2,1-2H3,(H,23,30)(H,24,25,29). The number of benzene rings is 1. The van der Waals surface area contributed by atoms with Crippen LogP contribution < -0.4 is 31.2 Å². The molecule has 0 spiro atoms. The van der Waals surface area contributed by atoms with E-state index in [0.29, 0.717) is 12.3 Å². The highest BCUT2D eigenvalue weighted by atomic mass is 35.5. The van der Waals surface area contributed by atoms with Crippen molar-refractivity contribution in [1.29, 1.82) is 0 Å². The van der Waals surface area contributed by atoms with E-state index < -0.39 is 24.2 Å². The van der Waals surface area contributed by atoms with Gasteiger partial charge >= 0.3 is 6.61 Å². The second-order valence-electron chi connectivity index (χ2n) is 6.07. The molecular formula is C18H18ClF2N7O4. The number of anilines is 1. The number of hydrazine groups is 2. The van der Waals surface area contributed by atoms with Crippen LogP contribution in [0.2, 0.25) is 5.02 Å². The molecule has 14 heteroatoms. The number of ether oxygens (including phenoxy) is 2. The lowest BCUT2D eigenvalue weighted by Crippen LogP contribution is -2.47. The summed E-state index contributed by atoms with van der Waals surface area (Å²) in [5.41, 5.74) is 4.64. The van der Waals surface area contributed by atoms with E-state index in [9.17, 15) is 18.4 Å². The fourth-order valence-corrected chi connectivity index (χ4v) is 2.92. The maximum atomic E-state index is 12.9. The summed E-state index contributed by atoms with van der Waals surface area (Å²) in [6, 6.07) is 5.13. The van der Waals surface area contributed by atoms with Crippen LogP contribution in [0, 0.1) is 0 Å². The molecule has 0 saturated carbocycles. The summed E-state index contributed by atoms with van der Waals surface area (Å²) < 4.78 is 35.3. The molecule has 32 heavy (non-hydrogen) atoms. The average molecular weight is 470 g/mol. The maximum Gasteiger partial charge on any atom is 0.387 e. The molecular weight excluding hydrogens is 452 g/mol. The minimum Gasteiger partial charge on any atom is -0.497 e. The largest absolute Gasteiger partial charge is 0.497 e. The fraction of sp³-hybridized carbons (Fsp3) is 0.222. The Morgan fingerprint density at radius 2 is 2.03 bits per heavy atom. The number of pyridine rings is 1. The Balaban J connectivity index is 1.92. The van der Waals surface area contributed by atoms with E-state index in [1.165, 1.54) is 36.5 Å². The Kier molecular flexibility index (Phi) is 7.22. The number of hydrazone groups is 1. The molecule has 1 aromatic heterocycles. The van der Waals surface area contributed by atoms with Crippen LogP contribution in [-0.2, 0) is 0 Å². The van der Waals surface area contributed by atoms with Crippen LogP contribution in [0.5, 0.6) is 11.5 Å². The molecule has 2 amide bonds. The lowest BCUT2D eigenvalue weighted by molar-refractivity contribution is -0.0493. The van der Waals surface area contributed by atoms with Gasteiger partial charge < -0.3 is 14.8 Å². The molecule has 0 fully saturated rings. The van der Waals surface area contributed by atoms with Crippen molar-refractivity contribution in [1.82, 2.24) is 26.4 Å². The van der Waals surface area contributed by atoms with E-state index in [-0.39, 0.29) is 27.9 Å². The third-order valence-electron chi connectivity index (χ3n) is 4.15. The molecule has 0 radical (unpaired) electrons. The monoisotopic (exact) mass is 469 g/mol. The van der Waals surface area contributed by atoms with Crippen molar-refractivity contribution in [2.75, 3.05) is 19.0 Å². The average Bonchev–Trinajstić information content (AvgIpc) is 3.22. The lowest BCUT2D eigenvalue weighted by Gasteiger charge is -2.18. The summed E-state index contributed by atoms with van der Waals surface area (Å²) in [5, 5.41) is 9.93. The van der Waals surface area contributed by atoms with Crippen molar-refractivity contribution in [3.05, 3.63) is 46.7 Å². The molecule has 2 aromatic rings. The van der Waals surface area contributed by atoms with Crippen LogP contribution in [0.1, 0.15) is 27.8 Å². The molecule has 0 aliphatic carbocycles. The first-order valence-electron chi connectivity index (χ1n) is 9.10. The predicted molar refractivity (Wildman–Crippen MR) is 110 cm³/mol. The zero-order chi connectivity index (χ0) is 23.3. The van der Waals surface area contributed by atoms with Gasteiger partial charge in [-0.15, -0.1) is 10.6 Å². The van der Waals surface area contributed by atoms with Gasteiger partial charge in [-0.05, 0) is 25.1 Å². The van der Waals surface area contributed by atoms with E-state index in [2.05, 4.69) is 36.5 Å². The minimum absolute atomic E-state index is 0.0747. The Morgan fingerprint density at radius 3 is 2.72 bits per heavy atom. The Morgan fingerprint density at radius 1 is 1.25 bits per heavy atom. The summed E-state index contributed by atoms with van der Waals surface area (Å²) in [6.45, 7) is -0.916. The van der Waals surface area contributed by atoms with E-state index in [1.807, 2.05) is 6.92 Å². The summed E-state index contributed by atoms with van der Waals surface area (Å²) in [4.78, 5) is 29.3. The Labute approximate surface area is 185 Å². The number of carbonyl (C=O) groups is 2. The molecule has 0 unspecified atom stereocenters. The summed E-state index contributed by atoms with van der Waals surface area (Å²) >= 11 is 6.31. The van der Waals surface area contributed by atoms with Crippen LogP contribution in [-0.4, -0.2) is 48.0 Å². The van der Waals surface area contributed by atoms with Crippen LogP contribution in [0.25, 0.3) is 0 Å². The molecule has 3 rings (SSSR count). The maximum absolute atomic E-state index is 12.9. The first-order valence-corrected chi connectivity index (χ1v) is 9.47. The van der Waals surface area contributed by atoms with Gasteiger partial charge in [0, 0.05) is 18.8 Å². The molecule has 11 nitrogen and oxygen atoms in total. The number of hydrogen-bond donors (Lipinski definition) is 4. The molecule has 1 aliphatic rings. The minimum atomic E-state index is -3.19. The smallest absolute Gasteiger partial charge is 0.387 e. The van der Waals surface area contributed by atoms with Gasteiger partial charge in [0.05, 0.1) is 17.7 Å². The van der Waals surface area contributed by atoms with Gasteiger partial charge in [-0.3, -0.25) is 24.9 Å². The number of nitrogens with zero attached hydrogens (tertiary/aromatic N) is 3. The molecule has 4 N–H and O–H groups in total. The highest BCUT2D eigenvalue weighted by molar-refractivity contribution is 6.37. The third-order valence-corrected chi connectivity index (χ3v) is 4.54. The van der Waals surface area contributed by atoms with Crippen molar-refractivity contribution in [3.8, 4) is 11.5 Å². The van der Waals surface area contributed by atoms with Gasteiger partial charge in [-0.2, -0.15) is 8.78 Å². The van der Waals surface area contributed by atoms with Crippen LogP contribution >= 0.6 is 11.6 Å². The highest BCUT2D eigenvalue weighted by Crippen LogP contribution is 2.36. The number of carbonyl (C=O) groups excluding carboxylic acids is 2. The summed E-state index contributed by atoms with van der Waals surface area (Å²) in [6.07, 6.45) is 1.33. The number of hydrogen-bond acceptors (Lipinski definition) is 9. The molecule has 0 atom stereocenters. The molecule has 0 saturated heterocycles. The van der Waals surface area contributed by atoms with E-state index in [0.717, 1.165) is 6.07 Å². The highest BCUT2D eigenvalue weighted by Gasteiger charge is 2.25. The van der Waals surface area contributed by atoms with Gasteiger partial charge in [0.15, 0.2) is 5.75 Å². The van der Waals surface area contributed by atoms with Crippen LogP contribution in [0.15, 0.2) is 35.6 Å². The second kappa shape index (κ2) is 10.1. The fourth-order valence-electron chi connectivity index (χ4n) is 2.63. The van der Waals surface area contributed by atoms with Gasteiger partial charge in [0.2, 0.25) is 5.96 Å². The molecule has 170 valence electrons. The number of nitrogens with one attached hydrogen (secondary N) is 4. The van der Waals surface area contributed by atoms with Crippen LogP contribution in [0.4, 0.5) is 14.5 Å². The molecule has 2 heterocycles. The van der Waals surface area contributed by atoms with Crippen LogP contribution in [0.3, 0.4) is 0 Å². The number of halogens is 3. The second-order valence-corrected chi connectivity index (χ2v) is 6.45. The molecule has 1 aromatic carbocycles. The quantitative estimate of drug-likeness (QED) is 0.484. The van der Waals surface area contributed by atoms with Gasteiger partial charge in [-0.1, -0.05) is 11.6 Å². The van der Waals surface area contributed by atoms with E-state index in [4.69, 9.17) is 16.3 Å². The lowest BCUT2D eigenvalue weighted by atomic mass is 10.1. The number of guanidine groups is 1. The van der Waals surface area contributed by atoms with Crippen molar-refractivity contribution < 1.29 is 27.8 Å². The number of rotatable bonds is 7. The van der Waals surface area contributed by atoms with Gasteiger partial charge in [-0.25, -0.2) is 5.53 Å². The van der Waals surface area contributed by atoms with Crippen molar-refractivity contribution in [2.24, 2.45) is 5.10 Å². The van der Waals surface area contributed by atoms with Gasteiger partial charge in [0.25, 0.3) is 11.8 Å². The van der Waals surface area contributed by atoms with Gasteiger partial charge in [0.1, 0.15) is 17.1 Å². The Bertz CT molecular complexity index is 1050. The number of alkyl halides is 2. The Hall–Kier alpha value is -3.71. The number of aromatic nitrogens is 1. The van der Waals surface area contributed by atoms with Crippen molar-refractivity contribution >= 4 is 35.1 Å². The topological polar surface area (TPSA) is 129 Å². The first kappa shape index (κ1) is 23.0. The number of amides is 2. The number of methoxy groups -OCH3 is 1. The molecule has 1 aliphatic heterocycles. The SMILES string of the molecule is CCN1NNN=C1NC(=O)c1ccc(OC(F)F)c(NC(=O)c2cc(OC)ccn2)c1Cl.